The summed E-state index contributed by atoms with van der Waals surface area (Å²) in [6.45, 7) is 40.1. The summed E-state index contributed by atoms with van der Waals surface area (Å²) in [4.78, 5) is 38.9. The fourth-order valence-electron chi connectivity index (χ4n) is 10.9. The summed E-state index contributed by atoms with van der Waals surface area (Å²) < 4.78 is 0. The molecule has 3 aromatic heterocycles. The fourth-order valence-corrected chi connectivity index (χ4v) is 10.9. The van der Waals surface area contributed by atoms with Crippen molar-refractivity contribution < 1.29 is 5.11 Å². The molecule has 9 heteroatoms. The van der Waals surface area contributed by atoms with Crippen LogP contribution in [-0.4, -0.2) is 45.0 Å². The molecular weight excluding hydrogens is 1020 g/mol. The first-order valence-corrected chi connectivity index (χ1v) is 29.2. The molecule has 0 spiro atoms. The van der Waals surface area contributed by atoms with E-state index in [2.05, 4.69) is 285 Å². The molecule has 9 nitrogen and oxygen atoms in total. The van der Waals surface area contributed by atoms with Crippen molar-refractivity contribution in [2.75, 3.05) is 0 Å². The van der Waals surface area contributed by atoms with E-state index < -0.39 is 6.01 Å². The van der Waals surface area contributed by atoms with Gasteiger partial charge < -0.3 is 15.1 Å². The lowest BCUT2D eigenvalue weighted by atomic mass is 9.84. The molecule has 1 aliphatic rings. The number of hydrogen-bond acceptors (Lipinski definition) is 7. The molecular formula is C74H82N8O. The van der Waals surface area contributed by atoms with Gasteiger partial charge in [0.15, 0.2) is 11.6 Å². The van der Waals surface area contributed by atoms with Crippen LogP contribution in [0.25, 0.3) is 78.2 Å². The van der Waals surface area contributed by atoms with Crippen LogP contribution in [0, 0.1) is 0 Å². The van der Waals surface area contributed by atoms with Crippen molar-refractivity contribution in [3.63, 3.8) is 0 Å². The summed E-state index contributed by atoms with van der Waals surface area (Å²) in [7, 11) is 0. The lowest BCUT2D eigenvalue weighted by molar-refractivity contribution is 0.433. The molecule has 0 unspecified atom stereocenters. The number of nitrogens with one attached hydrogen (secondary N) is 2. The number of aromatic amines is 2. The van der Waals surface area contributed by atoms with Crippen molar-refractivity contribution in [3.05, 3.63) is 208 Å². The van der Waals surface area contributed by atoms with Gasteiger partial charge in [0.1, 0.15) is 28.9 Å². The maximum Gasteiger partial charge on any atom is 0.317 e. The summed E-state index contributed by atoms with van der Waals surface area (Å²) >= 11 is 0. The highest BCUT2D eigenvalue weighted by molar-refractivity contribution is 6.06. The monoisotopic (exact) mass is 1100 g/mol. The van der Waals surface area contributed by atoms with Gasteiger partial charge in [-0.25, -0.2) is 19.9 Å². The van der Waals surface area contributed by atoms with E-state index in [0.717, 1.165) is 66.8 Å². The summed E-state index contributed by atoms with van der Waals surface area (Å²) in [6.07, 6.45) is 1.36. The van der Waals surface area contributed by atoms with Crippen molar-refractivity contribution in [1.29, 1.82) is 0 Å². The molecule has 83 heavy (non-hydrogen) atoms. The minimum atomic E-state index is -0.490. The third-order valence-corrected chi connectivity index (χ3v) is 16.1. The van der Waals surface area contributed by atoms with E-state index >= 15 is 0 Å². The first kappa shape index (κ1) is 57.9. The van der Waals surface area contributed by atoms with E-state index in [0.29, 0.717) is 34.2 Å². The van der Waals surface area contributed by atoms with Crippen LogP contribution in [0.3, 0.4) is 0 Å². The Morgan fingerprint density at radius 1 is 0.265 bits per heavy atom. The summed E-state index contributed by atoms with van der Waals surface area (Å²) in [5.41, 5.74) is 19.0. The van der Waals surface area contributed by atoms with Crippen LogP contribution >= 0.6 is 0 Å². The van der Waals surface area contributed by atoms with E-state index in [9.17, 15) is 5.11 Å². The molecule has 1 aliphatic heterocycles. The van der Waals surface area contributed by atoms with Gasteiger partial charge >= 0.3 is 6.01 Å². The molecule has 6 bridgehead atoms. The molecule has 0 fully saturated rings. The molecule has 0 saturated heterocycles. The number of aromatic hydroxyl groups is 1. The second kappa shape index (κ2) is 21.2. The van der Waals surface area contributed by atoms with Crippen molar-refractivity contribution >= 4 is 33.7 Å². The lowest BCUT2D eigenvalue weighted by Gasteiger charge is -2.20. The molecule has 6 aromatic carbocycles. The Balaban J connectivity index is 1.41. The van der Waals surface area contributed by atoms with E-state index in [1.165, 1.54) is 39.7 Å². The highest BCUT2D eigenvalue weighted by Crippen LogP contribution is 2.45. The largest absolute Gasteiger partial charge is 0.479 e. The Bertz CT molecular complexity index is 4060. The van der Waals surface area contributed by atoms with Crippen LogP contribution in [0.4, 0.5) is 0 Å². The van der Waals surface area contributed by atoms with Gasteiger partial charge in [-0.2, -0.15) is 9.97 Å². The maximum atomic E-state index is 12.0. The van der Waals surface area contributed by atoms with E-state index in [-0.39, 0.29) is 32.5 Å². The summed E-state index contributed by atoms with van der Waals surface area (Å²) in [5.74, 6) is 0.940. The molecule has 0 amide bonds. The third-order valence-electron chi connectivity index (χ3n) is 16.1. The van der Waals surface area contributed by atoms with Gasteiger partial charge in [-0.15, -0.1) is 0 Å². The summed E-state index contributed by atoms with van der Waals surface area (Å²) in [5, 5.41) is 12.0. The SMILES string of the molecule is CC(C)(C)c1ccc(C2=C(c3ccc(C(C)(C)C)cc3)c3nc2nc2[nH]c(ncnc(O)nc4[nH]c(n3)c(-c3ccc(C(C)(C)C)cc3)c4-c3ccc(C(C)(C)C)cc3)c(-c3ccc(C(C)(C)C)cc3)c2-c2ccc(C(C)(C)C)cc2)cc1. The number of nitrogens with zero attached hydrogens (tertiary/aromatic N) is 6. The predicted octanol–water partition coefficient (Wildman–Crippen LogP) is 18.7. The van der Waals surface area contributed by atoms with Crippen molar-refractivity contribution in [2.24, 2.45) is 0 Å². The Morgan fingerprint density at radius 3 is 0.759 bits per heavy atom. The van der Waals surface area contributed by atoms with Crippen molar-refractivity contribution in [3.8, 4) is 50.5 Å². The number of rotatable bonds is 6. The van der Waals surface area contributed by atoms with E-state index in [4.69, 9.17) is 24.9 Å². The van der Waals surface area contributed by atoms with E-state index in [1.807, 2.05) is 0 Å². The van der Waals surface area contributed by atoms with Crippen molar-refractivity contribution in [2.45, 2.75) is 157 Å². The number of hydrogen-bond donors (Lipinski definition) is 3. The van der Waals surface area contributed by atoms with Gasteiger partial charge in [0.2, 0.25) is 0 Å². The molecule has 424 valence electrons. The van der Waals surface area contributed by atoms with Crippen LogP contribution < -0.4 is 0 Å². The molecule has 0 saturated carbocycles. The molecule has 10 rings (SSSR count). The number of H-pyrrole nitrogens is 2. The van der Waals surface area contributed by atoms with Crippen LogP contribution in [-0.2, 0) is 32.5 Å². The van der Waals surface area contributed by atoms with Crippen LogP contribution in [0.1, 0.15) is 181 Å². The molecule has 0 atom stereocenters. The lowest BCUT2D eigenvalue weighted by Crippen LogP contribution is -2.11. The molecule has 0 aliphatic carbocycles. The van der Waals surface area contributed by atoms with Gasteiger partial charge in [0.05, 0.1) is 0 Å². The van der Waals surface area contributed by atoms with Crippen LogP contribution in [0.15, 0.2) is 152 Å². The van der Waals surface area contributed by atoms with E-state index in [1.54, 1.807) is 0 Å². The van der Waals surface area contributed by atoms with Crippen LogP contribution in [0.2, 0.25) is 0 Å². The average Bonchev–Trinajstić information content (AvgIpc) is 2.35. The second-order valence-corrected chi connectivity index (χ2v) is 28.6. The maximum absolute atomic E-state index is 12.0. The third kappa shape index (κ3) is 12.0. The number of aromatic nitrogens is 8. The number of fused-ring (bicyclic) bond motifs is 6. The predicted molar refractivity (Wildman–Crippen MR) is 346 cm³/mol. The quantitative estimate of drug-likeness (QED) is 0.151. The van der Waals surface area contributed by atoms with Crippen molar-refractivity contribution in [1.82, 2.24) is 39.9 Å². The highest BCUT2D eigenvalue weighted by Gasteiger charge is 2.30. The van der Waals surface area contributed by atoms with Gasteiger partial charge in [-0.05, 0) is 99.3 Å². The molecule has 4 heterocycles. The Kier molecular flexibility index (Phi) is 14.8. The summed E-state index contributed by atoms with van der Waals surface area (Å²) in [6, 6.07) is 51.9. The topological polar surface area (TPSA) is 129 Å². The fraction of sp³-hybridized carbons (Fsp3) is 0.324. The van der Waals surface area contributed by atoms with Gasteiger partial charge in [0.25, 0.3) is 0 Å². The standard InChI is InChI=1S/C74H82N8O/c1-69(2,3)50-31-19-44(20-32-50)56-57(45-21-33-51(34-22-45)70(4,5)6)63-77-62(56)75-43-76-68(83)82-67-61(49-29-41-55(42-30-49)74(16,17)18)60(48-27-39-54(40-28-48)73(13,14)15)66(81-67)80-65-59(47-25-37-53(38-26-47)72(10,11)12)58(64(78-63)79-65)46-23-35-52(36-24-46)71(7,8)9/h19-43H,1-18H3,(H3,75,76,77,78,79,80,81,82,83). The van der Waals surface area contributed by atoms with Gasteiger partial charge in [-0.1, -0.05) is 270 Å². The normalized spacial score (nSPS) is 13.2. The molecule has 0 radical (unpaired) electrons. The smallest absolute Gasteiger partial charge is 0.317 e. The first-order valence-electron chi connectivity index (χ1n) is 29.2. The average molecular weight is 1100 g/mol. The van der Waals surface area contributed by atoms with Gasteiger partial charge in [-0.3, -0.25) is 0 Å². The minimum Gasteiger partial charge on any atom is -0.479 e. The molecule has 3 N–H and O–H groups in total. The first-order chi connectivity index (χ1) is 38.8. The van der Waals surface area contributed by atoms with Gasteiger partial charge in [0, 0.05) is 33.4 Å². The zero-order valence-corrected chi connectivity index (χ0v) is 52.1. The number of benzene rings is 6. The molecule has 9 aromatic rings. The Hall–Kier alpha value is -8.30. The van der Waals surface area contributed by atoms with Crippen LogP contribution in [0.5, 0.6) is 6.01 Å². The zero-order valence-electron chi connectivity index (χ0n) is 52.1. The Morgan fingerprint density at radius 2 is 0.494 bits per heavy atom. The minimum absolute atomic E-state index is 0.0745. The Labute approximate surface area is 492 Å². The second-order valence-electron chi connectivity index (χ2n) is 28.6. The highest BCUT2D eigenvalue weighted by atomic mass is 16.3. The zero-order chi connectivity index (χ0) is 59.8.